The van der Waals surface area contributed by atoms with Gasteiger partial charge < -0.3 is 5.32 Å². The smallest absolute Gasteiger partial charge is 0.183 e. The Morgan fingerprint density at radius 2 is 1.75 bits per heavy atom. The molecule has 4 rings (SSSR count). The zero-order valence-electron chi connectivity index (χ0n) is 16.2. The molecule has 2 aromatic carbocycles. The summed E-state index contributed by atoms with van der Waals surface area (Å²) in [7, 11) is 0. The molecule has 0 aliphatic heterocycles. The molecule has 4 aromatic rings. The third kappa shape index (κ3) is 4.49. The van der Waals surface area contributed by atoms with Gasteiger partial charge in [0.1, 0.15) is 0 Å². The summed E-state index contributed by atoms with van der Waals surface area (Å²) in [6, 6.07) is 19.2. The van der Waals surface area contributed by atoms with Crippen LogP contribution in [0.4, 0.5) is 5.13 Å². The van der Waals surface area contributed by atoms with Crippen LogP contribution in [-0.2, 0) is 13.0 Å². The molecule has 0 unspecified atom stereocenters. The number of thiazole rings is 1. The highest BCUT2D eigenvalue weighted by Crippen LogP contribution is 2.23. The molecular weight excluding hydrogens is 364 g/mol. The average Bonchev–Trinajstić information content (AvgIpc) is 3.40. The minimum absolute atomic E-state index is 0.567. The number of nitrogens with zero attached hydrogens (tertiary/aromatic N) is 3. The predicted molar refractivity (Wildman–Crippen MR) is 116 cm³/mol. The second-order valence-electron chi connectivity index (χ2n) is 7.18. The molecule has 5 heteroatoms. The summed E-state index contributed by atoms with van der Waals surface area (Å²) < 4.78 is 1.87. The number of rotatable bonds is 7. The average molecular weight is 389 g/mol. The van der Waals surface area contributed by atoms with Crippen LogP contribution in [0.5, 0.6) is 0 Å². The molecule has 0 atom stereocenters. The Morgan fingerprint density at radius 3 is 2.43 bits per heavy atom. The maximum Gasteiger partial charge on any atom is 0.183 e. The predicted octanol–water partition coefficient (Wildman–Crippen LogP) is 5.66. The Balaban J connectivity index is 1.34. The summed E-state index contributed by atoms with van der Waals surface area (Å²) in [5, 5.41) is 8.67. The van der Waals surface area contributed by atoms with Crippen LogP contribution in [0.3, 0.4) is 0 Å². The molecule has 0 amide bonds. The highest BCUT2D eigenvalue weighted by atomic mass is 32.1. The molecule has 0 fully saturated rings. The standard InChI is InChI=1S/C23H24N4S/c1-17(2)20-8-4-19(5-9-20)15-24-23-25-16-22(28-23)14-18-6-10-21(11-7-18)27-13-3-12-26-27/h3-13,16-17H,14-15H2,1-2H3,(H,24,25). The van der Waals surface area contributed by atoms with Crippen LogP contribution in [0.25, 0.3) is 5.69 Å². The van der Waals surface area contributed by atoms with E-state index < -0.39 is 0 Å². The fraction of sp³-hybridized carbons (Fsp3) is 0.217. The van der Waals surface area contributed by atoms with E-state index in [1.165, 1.54) is 21.6 Å². The van der Waals surface area contributed by atoms with Gasteiger partial charge in [0.05, 0.1) is 5.69 Å². The molecule has 0 radical (unpaired) electrons. The molecule has 0 bridgehead atoms. The summed E-state index contributed by atoms with van der Waals surface area (Å²) in [5.74, 6) is 0.567. The zero-order valence-corrected chi connectivity index (χ0v) is 17.0. The van der Waals surface area contributed by atoms with Crippen LogP contribution in [0.1, 0.15) is 41.3 Å². The van der Waals surface area contributed by atoms with Gasteiger partial charge >= 0.3 is 0 Å². The van der Waals surface area contributed by atoms with Crippen LogP contribution >= 0.6 is 11.3 Å². The van der Waals surface area contributed by atoms with E-state index in [1.807, 2.05) is 23.1 Å². The first-order valence-corrected chi connectivity index (χ1v) is 10.4. The lowest BCUT2D eigenvalue weighted by molar-refractivity contribution is 0.865. The molecule has 4 nitrogen and oxygen atoms in total. The third-order valence-electron chi connectivity index (χ3n) is 4.73. The number of aromatic nitrogens is 3. The molecule has 1 N–H and O–H groups in total. The quantitative estimate of drug-likeness (QED) is 0.444. The highest BCUT2D eigenvalue weighted by molar-refractivity contribution is 7.15. The van der Waals surface area contributed by atoms with E-state index in [-0.39, 0.29) is 0 Å². The van der Waals surface area contributed by atoms with Crippen molar-refractivity contribution in [2.45, 2.75) is 32.7 Å². The Bertz CT molecular complexity index is 1000. The zero-order chi connectivity index (χ0) is 19.3. The minimum atomic E-state index is 0.567. The van der Waals surface area contributed by atoms with Gasteiger partial charge in [0.2, 0.25) is 0 Å². The van der Waals surface area contributed by atoms with Gasteiger partial charge in [0, 0.05) is 36.4 Å². The SMILES string of the molecule is CC(C)c1ccc(CNc2ncc(Cc3ccc(-n4cccn4)cc3)s2)cc1. The topological polar surface area (TPSA) is 42.7 Å². The van der Waals surface area contributed by atoms with E-state index in [1.54, 1.807) is 17.5 Å². The van der Waals surface area contributed by atoms with Crippen LogP contribution in [0, 0.1) is 0 Å². The first kappa shape index (κ1) is 18.4. The van der Waals surface area contributed by atoms with Gasteiger partial charge in [-0.15, -0.1) is 11.3 Å². The van der Waals surface area contributed by atoms with Crippen molar-refractivity contribution in [2.24, 2.45) is 0 Å². The van der Waals surface area contributed by atoms with Gasteiger partial charge in [0.15, 0.2) is 5.13 Å². The van der Waals surface area contributed by atoms with Gasteiger partial charge in [0.25, 0.3) is 0 Å². The molecule has 0 aliphatic carbocycles. The molecular formula is C23H24N4S. The molecule has 142 valence electrons. The van der Waals surface area contributed by atoms with Crippen LogP contribution in [0.15, 0.2) is 73.2 Å². The number of hydrogen-bond donors (Lipinski definition) is 1. The fourth-order valence-corrected chi connectivity index (χ4v) is 3.90. The van der Waals surface area contributed by atoms with E-state index in [4.69, 9.17) is 0 Å². The highest BCUT2D eigenvalue weighted by Gasteiger charge is 2.05. The van der Waals surface area contributed by atoms with Gasteiger partial charge in [-0.25, -0.2) is 9.67 Å². The molecule has 28 heavy (non-hydrogen) atoms. The summed E-state index contributed by atoms with van der Waals surface area (Å²) in [5.41, 5.74) is 4.99. The number of nitrogens with one attached hydrogen (secondary N) is 1. The molecule has 0 saturated carbocycles. The Labute approximate surface area is 169 Å². The van der Waals surface area contributed by atoms with E-state index in [2.05, 4.69) is 77.8 Å². The first-order chi connectivity index (χ1) is 13.7. The maximum atomic E-state index is 4.52. The van der Waals surface area contributed by atoms with Crippen LogP contribution in [-0.4, -0.2) is 14.8 Å². The monoisotopic (exact) mass is 388 g/mol. The lowest BCUT2D eigenvalue weighted by atomic mass is 10.0. The Hall–Kier alpha value is -2.92. The minimum Gasteiger partial charge on any atom is -0.357 e. The summed E-state index contributed by atoms with van der Waals surface area (Å²) in [6.07, 6.45) is 6.60. The van der Waals surface area contributed by atoms with Gasteiger partial charge in [-0.3, -0.25) is 0 Å². The molecule has 0 spiro atoms. The number of hydrogen-bond acceptors (Lipinski definition) is 4. The van der Waals surface area contributed by atoms with E-state index in [9.17, 15) is 0 Å². The van der Waals surface area contributed by atoms with Crippen molar-refractivity contribution < 1.29 is 0 Å². The molecule has 0 saturated heterocycles. The molecule has 2 aromatic heterocycles. The Kier molecular flexibility index (Phi) is 5.53. The van der Waals surface area contributed by atoms with Crippen molar-refractivity contribution in [1.82, 2.24) is 14.8 Å². The summed E-state index contributed by atoms with van der Waals surface area (Å²) >= 11 is 1.72. The second-order valence-corrected chi connectivity index (χ2v) is 8.29. The van der Waals surface area contributed by atoms with Gasteiger partial charge in [-0.2, -0.15) is 5.10 Å². The summed E-state index contributed by atoms with van der Waals surface area (Å²) in [4.78, 5) is 5.78. The van der Waals surface area contributed by atoms with Crippen molar-refractivity contribution in [3.63, 3.8) is 0 Å². The van der Waals surface area contributed by atoms with Crippen molar-refractivity contribution in [2.75, 3.05) is 5.32 Å². The molecule has 2 heterocycles. The number of benzene rings is 2. The van der Waals surface area contributed by atoms with Crippen molar-refractivity contribution in [1.29, 1.82) is 0 Å². The Morgan fingerprint density at radius 1 is 1.00 bits per heavy atom. The van der Waals surface area contributed by atoms with Crippen molar-refractivity contribution in [3.05, 3.63) is 94.8 Å². The number of anilines is 1. The van der Waals surface area contributed by atoms with Gasteiger partial charge in [-0.05, 0) is 40.8 Å². The summed E-state index contributed by atoms with van der Waals surface area (Å²) in [6.45, 7) is 5.23. The van der Waals surface area contributed by atoms with Gasteiger partial charge in [-0.1, -0.05) is 50.2 Å². The lowest BCUT2D eigenvalue weighted by Crippen LogP contribution is -1.99. The first-order valence-electron chi connectivity index (χ1n) is 9.54. The maximum absolute atomic E-state index is 4.52. The molecule has 0 aliphatic rings. The third-order valence-corrected chi connectivity index (χ3v) is 5.68. The fourth-order valence-electron chi connectivity index (χ4n) is 3.06. The van der Waals surface area contributed by atoms with Crippen LogP contribution in [0.2, 0.25) is 0 Å². The lowest BCUT2D eigenvalue weighted by Gasteiger charge is -2.07. The van der Waals surface area contributed by atoms with Crippen LogP contribution < -0.4 is 5.32 Å². The van der Waals surface area contributed by atoms with Crippen molar-refractivity contribution >= 4 is 16.5 Å². The normalized spacial score (nSPS) is 11.1. The largest absolute Gasteiger partial charge is 0.357 e. The second kappa shape index (κ2) is 8.40. The van der Waals surface area contributed by atoms with E-state index >= 15 is 0 Å². The van der Waals surface area contributed by atoms with Crippen molar-refractivity contribution in [3.8, 4) is 5.69 Å². The van der Waals surface area contributed by atoms with E-state index in [0.717, 1.165) is 23.8 Å². The van der Waals surface area contributed by atoms with E-state index in [0.29, 0.717) is 5.92 Å².